The first-order valence-electron chi connectivity index (χ1n) is 7.88. The molecule has 2 rings (SSSR count). The van der Waals surface area contributed by atoms with Gasteiger partial charge in [0, 0.05) is 0 Å². The highest BCUT2D eigenvalue weighted by Gasteiger charge is 2.59. The summed E-state index contributed by atoms with van der Waals surface area (Å²) in [6.07, 6.45) is 0.863. The van der Waals surface area contributed by atoms with Crippen LogP contribution in [0.5, 0.6) is 11.5 Å². The smallest absolute Gasteiger partial charge is 0.290 e. The summed E-state index contributed by atoms with van der Waals surface area (Å²) in [6, 6.07) is 15.8. The van der Waals surface area contributed by atoms with Crippen molar-refractivity contribution in [1.82, 2.24) is 0 Å². The minimum Gasteiger partial charge on any atom is -0.290 e. The monoisotopic (exact) mass is 351 g/mol. The van der Waals surface area contributed by atoms with E-state index in [9.17, 15) is 0 Å². The Bertz CT molecular complexity index is 622. The van der Waals surface area contributed by atoms with Crippen LogP contribution in [0.4, 0.5) is 0 Å². The molecule has 0 heterocycles. The van der Waals surface area contributed by atoms with Crippen molar-refractivity contribution in [3.63, 3.8) is 0 Å². The second kappa shape index (κ2) is 7.11. The van der Waals surface area contributed by atoms with Crippen molar-refractivity contribution in [2.24, 2.45) is 0 Å². The second-order valence-corrected chi connectivity index (χ2v) is 10.2. The van der Waals surface area contributed by atoms with Crippen molar-refractivity contribution in [3.05, 3.63) is 59.7 Å². The average molecular weight is 352 g/mol. The maximum absolute atomic E-state index is 7.01. The third kappa shape index (κ3) is 4.00. The molecular weight excluding hydrogens is 327 g/mol. The van der Waals surface area contributed by atoms with Crippen LogP contribution in [0.3, 0.4) is 0 Å². The Morgan fingerprint density at radius 3 is 1.61 bits per heavy atom. The first-order chi connectivity index (χ1) is 10.8. The zero-order valence-corrected chi connectivity index (χ0v) is 16.1. The molecule has 0 atom stereocenters. The van der Waals surface area contributed by atoms with E-state index in [2.05, 4.69) is 20.8 Å². The predicted octanol–water partition coefficient (Wildman–Crippen LogP) is 6.95. The highest BCUT2D eigenvalue weighted by molar-refractivity contribution is 7.93. The van der Waals surface area contributed by atoms with Gasteiger partial charge in [-0.25, -0.2) is 0 Å². The van der Waals surface area contributed by atoms with Crippen LogP contribution in [0.25, 0.3) is 0 Å². The van der Waals surface area contributed by atoms with Gasteiger partial charge in [0.2, 0.25) is 0 Å². The summed E-state index contributed by atoms with van der Waals surface area (Å²) in [5, 5.41) is -0.279. The number of aryl methyl sites for hydroxylation is 2. The molecule has 2 aromatic carbocycles. The Balaban J connectivity index is 2.41. The Morgan fingerprint density at radius 2 is 1.26 bits per heavy atom. The Morgan fingerprint density at radius 1 is 0.870 bits per heavy atom. The predicted molar refractivity (Wildman–Crippen MR) is 101 cm³/mol. The third-order valence-electron chi connectivity index (χ3n) is 4.21. The average Bonchev–Trinajstić information content (AvgIpc) is 2.52. The van der Waals surface area contributed by atoms with E-state index in [-0.39, 0.29) is 5.16 Å². The highest BCUT2D eigenvalue weighted by atomic mass is 35.7. The maximum atomic E-state index is 7.01. The van der Waals surface area contributed by atoms with Gasteiger partial charge in [-0.2, -0.15) is 0 Å². The molecule has 0 N–H and O–H groups in total. The third-order valence-corrected chi connectivity index (χ3v) is 8.62. The Kier molecular flexibility index (Phi) is 5.60. The van der Waals surface area contributed by atoms with E-state index in [0.717, 1.165) is 29.0 Å². The molecule has 0 fully saturated rings. The van der Waals surface area contributed by atoms with E-state index in [4.69, 9.17) is 20.3 Å². The van der Waals surface area contributed by atoms with Crippen LogP contribution >= 0.6 is 18.3 Å². The van der Waals surface area contributed by atoms with E-state index < -0.39 is 7.07 Å². The molecule has 0 aromatic heterocycles. The van der Waals surface area contributed by atoms with Gasteiger partial charge in [0.05, 0.1) is 0 Å². The molecule has 0 unspecified atom stereocenters. The van der Waals surface area contributed by atoms with Gasteiger partial charge in [-0.1, -0.05) is 43.3 Å². The van der Waals surface area contributed by atoms with Crippen molar-refractivity contribution in [2.45, 2.75) is 46.2 Å². The molecule has 0 spiro atoms. The van der Waals surface area contributed by atoms with Gasteiger partial charge in [-0.3, -0.25) is 9.05 Å². The molecule has 0 saturated heterocycles. The van der Waals surface area contributed by atoms with Gasteiger partial charge in [0.1, 0.15) is 0 Å². The lowest BCUT2D eigenvalue weighted by Crippen LogP contribution is -2.27. The van der Waals surface area contributed by atoms with Crippen molar-refractivity contribution >= 4 is 18.3 Å². The molecule has 0 radical (unpaired) electrons. The summed E-state index contributed by atoms with van der Waals surface area (Å²) in [4.78, 5) is 0. The van der Waals surface area contributed by atoms with Crippen LogP contribution in [0.15, 0.2) is 48.5 Å². The fourth-order valence-corrected chi connectivity index (χ4v) is 4.65. The molecule has 23 heavy (non-hydrogen) atoms. The fourth-order valence-electron chi connectivity index (χ4n) is 2.03. The van der Waals surface area contributed by atoms with E-state index in [1.807, 2.05) is 62.4 Å². The van der Waals surface area contributed by atoms with Crippen molar-refractivity contribution in [3.8, 4) is 11.5 Å². The molecule has 0 amide bonds. The van der Waals surface area contributed by atoms with Gasteiger partial charge >= 0.3 is 7.07 Å². The minimum atomic E-state index is -2.70. The molecule has 2 aromatic rings. The lowest BCUT2D eigenvalue weighted by molar-refractivity contribution is 0.429. The summed E-state index contributed by atoms with van der Waals surface area (Å²) >= 11 is 7.01. The molecule has 0 bridgehead atoms. The molecule has 2 nitrogen and oxygen atoms in total. The zero-order chi connectivity index (χ0) is 17.1. The normalized spacial score (nSPS) is 12.1. The molecule has 124 valence electrons. The van der Waals surface area contributed by atoms with Crippen molar-refractivity contribution in [2.75, 3.05) is 0 Å². The molecule has 0 aliphatic rings. The summed E-state index contributed by atoms with van der Waals surface area (Å²) in [7, 11) is -2.70. The summed E-state index contributed by atoms with van der Waals surface area (Å²) in [5.41, 5.74) is 2.11. The lowest BCUT2D eigenvalue weighted by atomic mass is 10.1. The van der Waals surface area contributed by atoms with Gasteiger partial charge in [-0.15, -0.1) is 0 Å². The van der Waals surface area contributed by atoms with Crippen LogP contribution < -0.4 is 9.05 Å². The van der Waals surface area contributed by atoms with Gasteiger partial charge < -0.3 is 0 Å². The van der Waals surface area contributed by atoms with E-state index in [1.54, 1.807) is 0 Å². The highest BCUT2D eigenvalue weighted by Crippen LogP contribution is 2.74. The van der Waals surface area contributed by atoms with Crippen molar-refractivity contribution < 1.29 is 9.05 Å². The zero-order valence-electron chi connectivity index (χ0n) is 14.5. The maximum Gasteiger partial charge on any atom is 0.464 e. The molecular formula is C19H25ClO2P+. The fraction of sp³-hybridized carbons (Fsp3) is 0.368. The Hall–Kier alpha value is -1.24. The Labute approximate surface area is 145 Å². The van der Waals surface area contributed by atoms with Gasteiger partial charge in [0.15, 0.2) is 27.9 Å². The van der Waals surface area contributed by atoms with Crippen molar-refractivity contribution in [1.29, 1.82) is 0 Å². The number of halogens is 1. The number of hydrogen-bond acceptors (Lipinski definition) is 2. The topological polar surface area (TPSA) is 18.5 Å². The number of rotatable bonds is 6. The first kappa shape index (κ1) is 18.1. The van der Waals surface area contributed by atoms with Gasteiger partial charge in [0.25, 0.3) is 0 Å². The van der Waals surface area contributed by atoms with Crippen LogP contribution in [0.2, 0.25) is 0 Å². The van der Waals surface area contributed by atoms with E-state index in [1.165, 1.54) is 0 Å². The molecule has 0 saturated carbocycles. The minimum absolute atomic E-state index is 0.279. The lowest BCUT2D eigenvalue weighted by Gasteiger charge is -2.30. The van der Waals surface area contributed by atoms with E-state index >= 15 is 0 Å². The quantitative estimate of drug-likeness (QED) is 0.524. The van der Waals surface area contributed by atoms with Crippen LogP contribution in [0.1, 0.15) is 38.3 Å². The first-order valence-corrected chi connectivity index (χ1v) is 10.4. The van der Waals surface area contributed by atoms with Crippen LogP contribution in [0, 0.1) is 13.8 Å². The standard InChI is InChI=1S/C19H25ClO2P/c1-6-19(4,5)23(20,21-17-13-9-7-11-15(17)2)22-18-14-10-8-12-16(18)3/h7-14H,6H2,1-5H3/q+1. The van der Waals surface area contributed by atoms with Crippen LogP contribution in [-0.2, 0) is 0 Å². The molecule has 0 aliphatic heterocycles. The summed E-state index contributed by atoms with van der Waals surface area (Å²) in [6.45, 7) is 10.3. The SMILES string of the molecule is CCC(C)(C)[P+](Cl)(Oc1ccccc1C)Oc1ccccc1C. The number of benzene rings is 2. The molecule has 4 heteroatoms. The summed E-state index contributed by atoms with van der Waals surface area (Å²) in [5.74, 6) is 1.57. The second-order valence-electron chi connectivity index (χ2n) is 6.36. The summed E-state index contributed by atoms with van der Waals surface area (Å²) < 4.78 is 12.6. The largest absolute Gasteiger partial charge is 0.464 e. The van der Waals surface area contributed by atoms with Gasteiger partial charge in [-0.05, 0) is 57.4 Å². The number of hydrogen-bond donors (Lipinski definition) is 0. The molecule has 0 aliphatic carbocycles. The van der Waals surface area contributed by atoms with Crippen LogP contribution in [-0.4, -0.2) is 5.16 Å². The van der Waals surface area contributed by atoms with E-state index in [0.29, 0.717) is 0 Å². The number of para-hydroxylation sites is 2.